The number of nitrogens with two attached hydrogens (primary N) is 1. The van der Waals surface area contributed by atoms with Crippen molar-refractivity contribution in [3.05, 3.63) is 0 Å². The summed E-state index contributed by atoms with van der Waals surface area (Å²) >= 11 is 0. The van der Waals surface area contributed by atoms with E-state index in [4.69, 9.17) is 25.7 Å². The summed E-state index contributed by atoms with van der Waals surface area (Å²) in [7, 11) is 0. The Morgan fingerprint density at radius 3 is 2.09 bits per heavy atom. The predicted molar refractivity (Wildman–Crippen MR) is 78.5 cm³/mol. The first-order chi connectivity index (χ1) is 10.6. The van der Waals surface area contributed by atoms with Crippen molar-refractivity contribution in [2.45, 2.75) is 56.5 Å². The standard InChI is InChI=1S/C16H25N3O3/c17-14(18)19-3-1-15(2-4-19)20-16(22-21-15)12-6-10-5-11(8-12)9-13(16)7-10/h10-13H,1-9H2,(H3,17,18). The normalized spacial score (nSPS) is 48.5. The molecule has 22 heavy (non-hydrogen) atoms. The van der Waals surface area contributed by atoms with Crippen molar-refractivity contribution in [1.82, 2.24) is 4.90 Å². The van der Waals surface area contributed by atoms with Crippen LogP contribution in [-0.4, -0.2) is 35.5 Å². The fraction of sp³-hybridized carbons (Fsp3) is 0.938. The van der Waals surface area contributed by atoms with Gasteiger partial charge in [-0.25, -0.2) is 0 Å². The molecule has 0 aromatic carbocycles. The van der Waals surface area contributed by atoms with Gasteiger partial charge in [-0.05, 0) is 43.9 Å². The minimum absolute atomic E-state index is 0.137. The van der Waals surface area contributed by atoms with Gasteiger partial charge in [-0.2, -0.15) is 9.78 Å². The Hall–Kier alpha value is -0.850. The summed E-state index contributed by atoms with van der Waals surface area (Å²) in [5.41, 5.74) is 5.58. The van der Waals surface area contributed by atoms with Crippen LogP contribution >= 0.6 is 0 Å². The van der Waals surface area contributed by atoms with Gasteiger partial charge in [0, 0.05) is 37.8 Å². The fourth-order valence-corrected chi connectivity index (χ4v) is 5.88. The number of hydrogen-bond donors (Lipinski definition) is 2. The summed E-state index contributed by atoms with van der Waals surface area (Å²) in [4.78, 5) is 13.7. The number of nitrogens with zero attached hydrogens (tertiary/aromatic N) is 1. The summed E-state index contributed by atoms with van der Waals surface area (Å²) in [6.07, 6.45) is 7.83. The molecule has 4 bridgehead atoms. The highest BCUT2D eigenvalue weighted by Gasteiger charge is 2.66. The van der Waals surface area contributed by atoms with Gasteiger partial charge in [0.2, 0.25) is 11.6 Å². The van der Waals surface area contributed by atoms with Crippen LogP contribution in [0.25, 0.3) is 0 Å². The summed E-state index contributed by atoms with van der Waals surface area (Å²) in [5, 5.41) is 7.56. The van der Waals surface area contributed by atoms with Gasteiger partial charge < -0.3 is 15.4 Å². The molecule has 6 fully saturated rings. The summed E-state index contributed by atoms with van der Waals surface area (Å²) in [6.45, 7) is 1.41. The first kappa shape index (κ1) is 13.6. The van der Waals surface area contributed by atoms with Gasteiger partial charge in [0.15, 0.2) is 5.96 Å². The summed E-state index contributed by atoms with van der Waals surface area (Å²) in [6, 6.07) is 0. The molecular formula is C16H25N3O3. The molecule has 0 aromatic heterocycles. The topological polar surface area (TPSA) is 80.8 Å². The number of guanidine groups is 1. The van der Waals surface area contributed by atoms with Gasteiger partial charge >= 0.3 is 0 Å². The molecule has 3 N–H and O–H groups in total. The van der Waals surface area contributed by atoms with Crippen LogP contribution in [-0.2, 0) is 14.5 Å². The van der Waals surface area contributed by atoms with E-state index in [1.54, 1.807) is 0 Å². The van der Waals surface area contributed by atoms with E-state index in [0.717, 1.165) is 24.7 Å². The quantitative estimate of drug-likeness (QED) is 0.405. The minimum Gasteiger partial charge on any atom is -0.370 e. The maximum absolute atomic E-state index is 7.56. The lowest BCUT2D eigenvalue weighted by Gasteiger charge is -2.57. The van der Waals surface area contributed by atoms with Gasteiger partial charge in [-0.1, -0.05) is 0 Å². The maximum Gasteiger partial charge on any atom is 0.210 e. The zero-order valence-corrected chi connectivity index (χ0v) is 12.9. The Kier molecular flexibility index (Phi) is 2.69. The van der Waals surface area contributed by atoms with E-state index in [0.29, 0.717) is 24.9 Å². The Morgan fingerprint density at radius 1 is 0.955 bits per heavy atom. The van der Waals surface area contributed by atoms with E-state index in [1.165, 1.54) is 32.1 Å². The molecule has 0 unspecified atom stereocenters. The van der Waals surface area contributed by atoms with Crippen LogP contribution < -0.4 is 5.73 Å². The highest BCUT2D eigenvalue weighted by atomic mass is 17.3. The summed E-state index contributed by atoms with van der Waals surface area (Å²) < 4.78 is 6.60. The van der Waals surface area contributed by atoms with Crippen molar-refractivity contribution in [2.75, 3.05) is 13.1 Å². The highest BCUT2D eigenvalue weighted by molar-refractivity contribution is 5.74. The molecule has 6 rings (SSSR count). The zero-order chi connectivity index (χ0) is 14.9. The van der Waals surface area contributed by atoms with Crippen LogP contribution in [0.3, 0.4) is 0 Å². The molecule has 2 saturated heterocycles. The van der Waals surface area contributed by atoms with Crippen molar-refractivity contribution in [3.63, 3.8) is 0 Å². The third kappa shape index (κ3) is 1.74. The molecule has 6 nitrogen and oxygen atoms in total. The van der Waals surface area contributed by atoms with E-state index in [2.05, 4.69) is 0 Å². The van der Waals surface area contributed by atoms with E-state index in [9.17, 15) is 0 Å². The van der Waals surface area contributed by atoms with Crippen molar-refractivity contribution in [2.24, 2.45) is 29.4 Å². The Morgan fingerprint density at radius 2 is 1.55 bits per heavy atom. The van der Waals surface area contributed by atoms with Crippen LogP contribution in [0.1, 0.15) is 44.9 Å². The second kappa shape index (κ2) is 4.36. The first-order valence-corrected chi connectivity index (χ1v) is 8.74. The Labute approximate surface area is 130 Å². The summed E-state index contributed by atoms with van der Waals surface area (Å²) in [5.74, 6) is 1.83. The lowest BCUT2D eigenvalue weighted by Crippen LogP contribution is -2.59. The number of hydrogen-bond acceptors (Lipinski definition) is 4. The molecule has 6 heteroatoms. The average Bonchev–Trinajstić information content (AvgIpc) is 2.85. The second-order valence-electron chi connectivity index (χ2n) is 8.08. The van der Waals surface area contributed by atoms with Gasteiger partial charge in [0.25, 0.3) is 0 Å². The van der Waals surface area contributed by atoms with E-state index >= 15 is 0 Å². The molecule has 122 valence electrons. The van der Waals surface area contributed by atoms with Gasteiger partial charge in [0.1, 0.15) is 0 Å². The highest BCUT2D eigenvalue weighted by Crippen LogP contribution is 2.63. The SMILES string of the molecule is N=C(N)N1CCC2(CC1)OOC1(O2)C2CC3CC(C2)CC1C3. The number of rotatable bonds is 0. The van der Waals surface area contributed by atoms with Crippen molar-refractivity contribution >= 4 is 5.96 Å². The maximum atomic E-state index is 7.56. The number of ether oxygens (including phenoxy) is 1. The number of likely N-dealkylation sites (tertiary alicyclic amines) is 1. The lowest BCUT2D eigenvalue weighted by molar-refractivity contribution is -0.390. The first-order valence-electron chi connectivity index (χ1n) is 8.74. The molecule has 2 aliphatic heterocycles. The van der Waals surface area contributed by atoms with E-state index in [-0.39, 0.29) is 5.96 Å². The van der Waals surface area contributed by atoms with Gasteiger partial charge in [-0.3, -0.25) is 5.41 Å². The van der Waals surface area contributed by atoms with Crippen LogP contribution in [0.15, 0.2) is 0 Å². The van der Waals surface area contributed by atoms with Crippen LogP contribution in [0.2, 0.25) is 0 Å². The third-order valence-electron chi connectivity index (χ3n) is 6.81. The molecule has 0 atom stereocenters. The Balaban J connectivity index is 1.36. The molecule has 4 saturated carbocycles. The predicted octanol–water partition coefficient (Wildman–Crippen LogP) is 1.80. The van der Waals surface area contributed by atoms with Gasteiger partial charge in [-0.15, -0.1) is 0 Å². The second-order valence-corrected chi connectivity index (χ2v) is 8.08. The van der Waals surface area contributed by atoms with Crippen molar-refractivity contribution < 1.29 is 14.5 Å². The average molecular weight is 307 g/mol. The molecule has 6 aliphatic rings. The minimum atomic E-state index is -0.610. The molecule has 0 aromatic rings. The monoisotopic (exact) mass is 307 g/mol. The van der Waals surface area contributed by atoms with Crippen LogP contribution in [0, 0.1) is 29.1 Å². The van der Waals surface area contributed by atoms with Crippen LogP contribution in [0.4, 0.5) is 0 Å². The molecule has 4 aliphatic carbocycles. The number of nitrogens with one attached hydrogen (secondary N) is 1. The molecule has 2 spiro atoms. The zero-order valence-electron chi connectivity index (χ0n) is 12.9. The fourth-order valence-electron chi connectivity index (χ4n) is 5.88. The molecular weight excluding hydrogens is 282 g/mol. The largest absolute Gasteiger partial charge is 0.370 e. The van der Waals surface area contributed by atoms with Crippen molar-refractivity contribution in [1.29, 1.82) is 5.41 Å². The third-order valence-corrected chi connectivity index (χ3v) is 6.81. The van der Waals surface area contributed by atoms with Gasteiger partial charge in [0.05, 0.1) is 0 Å². The Bertz CT molecular complexity index is 473. The van der Waals surface area contributed by atoms with E-state index in [1.807, 2.05) is 4.90 Å². The molecule has 0 amide bonds. The van der Waals surface area contributed by atoms with E-state index < -0.39 is 11.6 Å². The molecule has 2 heterocycles. The lowest BCUT2D eigenvalue weighted by atomic mass is 9.53. The van der Waals surface area contributed by atoms with Crippen molar-refractivity contribution in [3.8, 4) is 0 Å². The molecule has 0 radical (unpaired) electrons. The van der Waals surface area contributed by atoms with Crippen LogP contribution in [0.5, 0.6) is 0 Å². The number of piperidine rings is 1. The smallest absolute Gasteiger partial charge is 0.210 e.